The number of benzene rings is 3. The summed E-state index contributed by atoms with van der Waals surface area (Å²) in [4.78, 5) is 42.0. The Bertz CT molecular complexity index is 1240. The van der Waals surface area contributed by atoms with Gasteiger partial charge in [0.1, 0.15) is 12.1 Å². The lowest BCUT2D eigenvalue weighted by molar-refractivity contribution is -0.135. The molecule has 174 valence electrons. The van der Waals surface area contributed by atoms with E-state index in [1.54, 1.807) is 6.92 Å². The highest BCUT2D eigenvalue weighted by atomic mass is 16.2. The van der Waals surface area contributed by atoms with E-state index < -0.39 is 17.5 Å². The number of carbonyl (C=O) groups excluding carboxylic acids is 3. The van der Waals surface area contributed by atoms with E-state index in [-0.39, 0.29) is 18.5 Å². The minimum atomic E-state index is -1.21. The van der Waals surface area contributed by atoms with Crippen LogP contribution >= 0.6 is 0 Å². The van der Waals surface area contributed by atoms with E-state index in [0.717, 1.165) is 41.7 Å². The van der Waals surface area contributed by atoms with Gasteiger partial charge in [0.15, 0.2) is 0 Å². The minimum Gasteiger partial charge on any atom is -0.350 e. The van der Waals surface area contributed by atoms with E-state index in [1.165, 1.54) is 5.56 Å². The molecular weight excluding hydrogens is 428 g/mol. The summed E-state index contributed by atoms with van der Waals surface area (Å²) in [5.74, 6) is -0.738. The molecule has 0 aliphatic carbocycles. The van der Waals surface area contributed by atoms with Gasteiger partial charge in [0.25, 0.3) is 5.91 Å². The maximum Gasteiger partial charge on any atom is 0.325 e. The summed E-state index contributed by atoms with van der Waals surface area (Å²) in [6, 6.07) is 23.2. The van der Waals surface area contributed by atoms with Gasteiger partial charge in [0.05, 0.1) is 0 Å². The predicted octanol–water partition coefficient (Wildman–Crippen LogP) is 3.00. The van der Waals surface area contributed by atoms with Gasteiger partial charge >= 0.3 is 6.03 Å². The average molecular weight is 457 g/mol. The molecule has 2 heterocycles. The van der Waals surface area contributed by atoms with E-state index >= 15 is 0 Å². The molecule has 0 saturated carbocycles. The molecule has 0 radical (unpaired) electrons. The summed E-state index contributed by atoms with van der Waals surface area (Å²) in [5, 5.41) is 7.84. The van der Waals surface area contributed by atoms with Crippen molar-refractivity contribution >= 4 is 28.6 Å². The lowest BCUT2D eigenvalue weighted by atomic mass is 9.90. The number of urea groups is 1. The van der Waals surface area contributed by atoms with E-state index in [4.69, 9.17) is 0 Å². The van der Waals surface area contributed by atoms with Crippen molar-refractivity contribution in [1.82, 2.24) is 20.4 Å². The van der Waals surface area contributed by atoms with Gasteiger partial charge in [0, 0.05) is 25.7 Å². The summed E-state index contributed by atoms with van der Waals surface area (Å²) in [5.41, 5.74) is 0.725. The third-order valence-electron chi connectivity index (χ3n) is 6.79. The summed E-state index contributed by atoms with van der Waals surface area (Å²) in [6.45, 7) is 3.87. The summed E-state index contributed by atoms with van der Waals surface area (Å²) in [7, 11) is 0. The second kappa shape index (κ2) is 8.91. The molecule has 0 spiro atoms. The molecule has 0 aromatic heterocycles. The molecule has 7 nitrogen and oxygen atoms in total. The Morgan fingerprint density at radius 2 is 1.76 bits per heavy atom. The lowest BCUT2D eigenvalue weighted by Crippen LogP contribution is -2.46. The van der Waals surface area contributed by atoms with Crippen molar-refractivity contribution < 1.29 is 14.4 Å². The molecule has 3 aromatic carbocycles. The van der Waals surface area contributed by atoms with Crippen molar-refractivity contribution in [2.75, 3.05) is 19.6 Å². The monoisotopic (exact) mass is 456 g/mol. The first-order valence-corrected chi connectivity index (χ1v) is 11.6. The molecule has 0 bridgehead atoms. The molecular formula is C27H28N4O3. The Hall–Kier alpha value is -3.71. The van der Waals surface area contributed by atoms with Crippen molar-refractivity contribution in [1.29, 1.82) is 0 Å². The normalized spacial score (nSPS) is 22.9. The number of nitrogens with one attached hydrogen (secondary N) is 2. The third-order valence-corrected chi connectivity index (χ3v) is 6.79. The number of fused-ring (bicyclic) bond motifs is 1. The number of carbonyl (C=O) groups is 3. The molecule has 2 saturated heterocycles. The highest BCUT2D eigenvalue weighted by Gasteiger charge is 2.49. The fraction of sp³-hybridized carbons (Fsp3) is 0.296. The highest BCUT2D eigenvalue weighted by Crippen LogP contribution is 2.31. The molecule has 34 heavy (non-hydrogen) atoms. The summed E-state index contributed by atoms with van der Waals surface area (Å²) >= 11 is 0. The maximum atomic E-state index is 13.3. The van der Waals surface area contributed by atoms with Gasteiger partial charge in [-0.2, -0.15) is 0 Å². The largest absolute Gasteiger partial charge is 0.350 e. The SMILES string of the molecule is CC1(c2ccc3ccccc3c2)NC(=O)N(CC(=O)NC2CCN(Cc3ccccc3)C2)C1=O. The first kappa shape index (κ1) is 22.1. The van der Waals surface area contributed by atoms with Crippen molar-refractivity contribution in [2.45, 2.75) is 31.5 Å². The smallest absolute Gasteiger partial charge is 0.325 e. The van der Waals surface area contributed by atoms with Crippen LogP contribution < -0.4 is 10.6 Å². The number of hydrogen-bond acceptors (Lipinski definition) is 4. The topological polar surface area (TPSA) is 81.8 Å². The van der Waals surface area contributed by atoms with Gasteiger partial charge in [-0.3, -0.25) is 19.4 Å². The Labute approximate surface area is 198 Å². The number of rotatable bonds is 6. The van der Waals surface area contributed by atoms with Gasteiger partial charge in [-0.15, -0.1) is 0 Å². The van der Waals surface area contributed by atoms with Gasteiger partial charge < -0.3 is 10.6 Å². The number of imide groups is 1. The number of hydrogen-bond donors (Lipinski definition) is 2. The van der Waals surface area contributed by atoms with Crippen LogP contribution in [0.5, 0.6) is 0 Å². The Balaban J connectivity index is 1.21. The molecule has 2 aliphatic heterocycles. The van der Waals surface area contributed by atoms with Gasteiger partial charge in [0.2, 0.25) is 5.91 Å². The molecule has 3 aromatic rings. The second-order valence-corrected chi connectivity index (χ2v) is 9.28. The van der Waals surface area contributed by atoms with E-state index in [1.807, 2.05) is 60.7 Å². The number of likely N-dealkylation sites (tertiary alicyclic amines) is 1. The first-order chi connectivity index (χ1) is 16.4. The molecule has 2 unspecified atom stereocenters. The van der Waals surface area contributed by atoms with Gasteiger partial charge in [-0.05, 0) is 41.3 Å². The van der Waals surface area contributed by atoms with Crippen molar-refractivity contribution in [3.63, 3.8) is 0 Å². The Morgan fingerprint density at radius 3 is 2.56 bits per heavy atom. The fourth-order valence-corrected chi connectivity index (χ4v) is 4.89. The third kappa shape index (κ3) is 4.26. The predicted molar refractivity (Wildman–Crippen MR) is 130 cm³/mol. The maximum absolute atomic E-state index is 13.3. The van der Waals surface area contributed by atoms with Crippen LogP contribution in [0, 0.1) is 0 Å². The van der Waals surface area contributed by atoms with Crippen LogP contribution in [0.15, 0.2) is 72.8 Å². The van der Waals surface area contributed by atoms with Crippen LogP contribution in [0.2, 0.25) is 0 Å². The molecule has 2 aliphatic rings. The second-order valence-electron chi connectivity index (χ2n) is 9.28. The van der Waals surface area contributed by atoms with Crippen molar-refractivity contribution in [3.8, 4) is 0 Å². The van der Waals surface area contributed by atoms with Gasteiger partial charge in [-0.1, -0.05) is 66.7 Å². The molecule has 5 rings (SSSR count). The number of nitrogens with zero attached hydrogens (tertiary/aromatic N) is 2. The van der Waals surface area contributed by atoms with E-state index in [9.17, 15) is 14.4 Å². The van der Waals surface area contributed by atoms with Crippen molar-refractivity contribution in [3.05, 3.63) is 83.9 Å². The zero-order chi connectivity index (χ0) is 23.7. The van der Waals surface area contributed by atoms with E-state index in [0.29, 0.717) is 5.56 Å². The van der Waals surface area contributed by atoms with Crippen LogP contribution in [-0.2, 0) is 21.7 Å². The van der Waals surface area contributed by atoms with Crippen LogP contribution in [0.1, 0.15) is 24.5 Å². The first-order valence-electron chi connectivity index (χ1n) is 11.6. The Morgan fingerprint density at radius 1 is 1.03 bits per heavy atom. The average Bonchev–Trinajstić information content (AvgIpc) is 3.36. The fourth-order valence-electron chi connectivity index (χ4n) is 4.89. The van der Waals surface area contributed by atoms with Crippen LogP contribution in [0.3, 0.4) is 0 Å². The quantitative estimate of drug-likeness (QED) is 0.559. The van der Waals surface area contributed by atoms with Gasteiger partial charge in [-0.25, -0.2) is 4.79 Å². The Kier molecular flexibility index (Phi) is 5.79. The zero-order valence-electron chi connectivity index (χ0n) is 19.2. The highest BCUT2D eigenvalue weighted by molar-refractivity contribution is 6.09. The lowest BCUT2D eigenvalue weighted by Gasteiger charge is -2.23. The van der Waals surface area contributed by atoms with Crippen LogP contribution in [-0.4, -0.2) is 53.3 Å². The van der Waals surface area contributed by atoms with Crippen LogP contribution in [0.25, 0.3) is 10.8 Å². The summed E-state index contributed by atoms with van der Waals surface area (Å²) < 4.78 is 0. The molecule has 2 N–H and O–H groups in total. The summed E-state index contributed by atoms with van der Waals surface area (Å²) in [6.07, 6.45) is 0.841. The minimum absolute atomic E-state index is 0.00356. The van der Waals surface area contributed by atoms with Crippen LogP contribution in [0.4, 0.5) is 4.79 Å². The zero-order valence-corrected chi connectivity index (χ0v) is 19.2. The van der Waals surface area contributed by atoms with Crippen molar-refractivity contribution in [2.24, 2.45) is 0 Å². The number of amides is 4. The molecule has 2 fully saturated rings. The van der Waals surface area contributed by atoms with E-state index in [2.05, 4.69) is 27.7 Å². The molecule has 2 atom stereocenters. The molecule has 4 amide bonds. The molecule has 7 heteroatoms. The standard InChI is InChI=1S/C27H28N4O3/c1-27(22-12-11-20-9-5-6-10-21(20)15-22)25(33)31(26(34)29-27)18-24(32)28-23-13-14-30(17-23)16-19-7-3-2-4-8-19/h2-12,15,23H,13-14,16-18H2,1H3,(H,28,32)(H,29,34).